The second kappa shape index (κ2) is 6.29. The quantitative estimate of drug-likeness (QED) is 0.280. The number of aryl methyl sites for hydroxylation is 1. The van der Waals surface area contributed by atoms with Gasteiger partial charge >= 0.3 is 8.18 Å². The predicted molar refractivity (Wildman–Crippen MR) is 115 cm³/mol. The van der Waals surface area contributed by atoms with E-state index < -0.39 is 8.18 Å². The minimum atomic E-state index is -2.48. The third-order valence-corrected chi connectivity index (χ3v) is 5.95. The summed E-state index contributed by atoms with van der Waals surface area (Å²) in [4.78, 5) is 0. The van der Waals surface area contributed by atoms with Crippen molar-refractivity contribution in [1.29, 1.82) is 0 Å². The third kappa shape index (κ3) is 2.72. The van der Waals surface area contributed by atoms with Crippen LogP contribution in [-0.4, -0.2) is 0 Å². The fourth-order valence-corrected chi connectivity index (χ4v) is 4.68. The number of rotatable bonds is 4. The number of nitrogens with one attached hydrogen (secondary N) is 1. The van der Waals surface area contributed by atoms with Crippen molar-refractivity contribution in [2.45, 2.75) is 6.92 Å². The molecule has 27 heavy (non-hydrogen) atoms. The molecule has 0 heterocycles. The van der Waals surface area contributed by atoms with Crippen LogP contribution in [0.25, 0.3) is 32.3 Å². The smallest absolute Gasteiger partial charge is 0.329 e. The Bertz CT molecular complexity index is 1300. The second-order valence-corrected chi connectivity index (χ2v) is 7.78. The molecule has 0 radical (unpaired) electrons. The van der Waals surface area contributed by atoms with Crippen molar-refractivity contribution in [2.75, 3.05) is 5.09 Å². The van der Waals surface area contributed by atoms with Crippen molar-refractivity contribution in [2.24, 2.45) is 0 Å². The van der Waals surface area contributed by atoms with E-state index in [-0.39, 0.29) is 0 Å². The molecule has 0 spiro atoms. The first kappa shape index (κ1) is 16.2. The van der Waals surface area contributed by atoms with Gasteiger partial charge in [0.05, 0.1) is 0 Å². The number of hydrogen-bond acceptors (Lipinski definition) is 2. The molecule has 0 bridgehead atoms. The standard InChI is InChI=1S/C23H18NO2P/c1-15-5-2-3-8-20(15)24-27(25)26-21-14-12-18-10-9-16-6-4-7-17-11-13-19(21)23(18)22(16)17/h2-14,27H,1H3,(H,24,25). The van der Waals surface area contributed by atoms with Crippen LogP contribution in [0.4, 0.5) is 5.69 Å². The SMILES string of the molecule is Cc1ccccc1N[PH](=O)Oc1ccc2ccc3cccc4ccc1c2c34. The Labute approximate surface area is 157 Å². The van der Waals surface area contributed by atoms with E-state index in [2.05, 4.69) is 47.6 Å². The van der Waals surface area contributed by atoms with Crippen LogP contribution in [0.15, 0.2) is 78.9 Å². The van der Waals surface area contributed by atoms with Crippen LogP contribution in [0.2, 0.25) is 0 Å². The van der Waals surface area contributed by atoms with Gasteiger partial charge in [-0.3, -0.25) is 4.57 Å². The van der Waals surface area contributed by atoms with E-state index >= 15 is 0 Å². The first-order valence-electron chi connectivity index (χ1n) is 8.92. The van der Waals surface area contributed by atoms with Crippen LogP contribution in [0, 0.1) is 6.92 Å². The Kier molecular flexibility index (Phi) is 3.77. The minimum absolute atomic E-state index is 0.644. The summed E-state index contributed by atoms with van der Waals surface area (Å²) >= 11 is 0. The van der Waals surface area contributed by atoms with Gasteiger partial charge in [-0.2, -0.15) is 0 Å². The van der Waals surface area contributed by atoms with Gasteiger partial charge in [0.2, 0.25) is 0 Å². The molecule has 1 N–H and O–H groups in total. The van der Waals surface area contributed by atoms with E-state index in [0.717, 1.165) is 27.4 Å². The molecule has 0 saturated carbocycles. The lowest BCUT2D eigenvalue weighted by molar-refractivity contribution is 0.512. The summed E-state index contributed by atoms with van der Waals surface area (Å²) in [6.45, 7) is 1.98. The molecule has 0 saturated heterocycles. The first-order valence-corrected chi connectivity index (χ1v) is 10.2. The van der Waals surface area contributed by atoms with Gasteiger partial charge in [-0.05, 0) is 52.2 Å². The summed E-state index contributed by atoms with van der Waals surface area (Å²) in [5, 5.41) is 9.95. The van der Waals surface area contributed by atoms with E-state index in [1.165, 1.54) is 16.2 Å². The van der Waals surface area contributed by atoms with Crippen molar-refractivity contribution in [3.8, 4) is 5.75 Å². The first-order chi connectivity index (χ1) is 13.2. The maximum Gasteiger partial charge on any atom is 0.329 e. The fourth-order valence-electron chi connectivity index (χ4n) is 3.75. The molecule has 1 atom stereocenters. The van der Waals surface area contributed by atoms with Gasteiger partial charge in [-0.25, -0.2) is 0 Å². The van der Waals surface area contributed by atoms with Crippen LogP contribution >= 0.6 is 8.18 Å². The summed E-state index contributed by atoms with van der Waals surface area (Å²) in [6.07, 6.45) is 0. The molecule has 3 nitrogen and oxygen atoms in total. The molecule has 0 amide bonds. The van der Waals surface area contributed by atoms with Crippen LogP contribution in [-0.2, 0) is 4.57 Å². The molecule has 132 valence electrons. The van der Waals surface area contributed by atoms with Crippen LogP contribution in [0.5, 0.6) is 5.75 Å². The molecular formula is C23H18NO2P. The molecular weight excluding hydrogens is 353 g/mol. The van der Waals surface area contributed by atoms with E-state index in [4.69, 9.17) is 4.52 Å². The summed E-state index contributed by atoms with van der Waals surface area (Å²) < 4.78 is 18.5. The summed E-state index contributed by atoms with van der Waals surface area (Å²) in [7, 11) is -2.48. The molecule has 0 fully saturated rings. The van der Waals surface area contributed by atoms with Gasteiger partial charge < -0.3 is 9.61 Å². The Morgan fingerprint density at radius 3 is 2.19 bits per heavy atom. The Morgan fingerprint density at radius 2 is 1.41 bits per heavy atom. The van der Waals surface area contributed by atoms with E-state index in [1.54, 1.807) is 0 Å². The van der Waals surface area contributed by atoms with Crippen molar-refractivity contribution in [3.05, 3.63) is 84.4 Å². The van der Waals surface area contributed by atoms with Gasteiger partial charge in [-0.1, -0.05) is 60.7 Å². The highest BCUT2D eigenvalue weighted by atomic mass is 31.1. The number of anilines is 1. The third-order valence-electron chi connectivity index (χ3n) is 5.07. The normalized spacial score (nSPS) is 12.6. The lowest BCUT2D eigenvalue weighted by Gasteiger charge is -2.15. The molecule has 4 heteroatoms. The zero-order valence-corrected chi connectivity index (χ0v) is 15.8. The van der Waals surface area contributed by atoms with E-state index in [1.807, 2.05) is 43.3 Å². The molecule has 0 aliphatic rings. The predicted octanol–water partition coefficient (Wildman–Crippen LogP) is 6.77. The van der Waals surface area contributed by atoms with E-state index in [0.29, 0.717) is 5.75 Å². The number of benzene rings is 5. The van der Waals surface area contributed by atoms with Crippen LogP contribution < -0.4 is 9.61 Å². The highest BCUT2D eigenvalue weighted by molar-refractivity contribution is 7.41. The lowest BCUT2D eigenvalue weighted by atomic mass is 9.94. The van der Waals surface area contributed by atoms with Gasteiger partial charge in [0.1, 0.15) is 5.75 Å². The molecule has 5 rings (SSSR count). The molecule has 5 aromatic rings. The highest BCUT2D eigenvalue weighted by Gasteiger charge is 2.13. The molecule has 0 aromatic heterocycles. The second-order valence-electron chi connectivity index (χ2n) is 6.75. The number of para-hydroxylation sites is 1. The maximum atomic E-state index is 12.6. The minimum Gasteiger partial charge on any atom is -0.430 e. The van der Waals surface area contributed by atoms with Gasteiger partial charge in [-0.15, -0.1) is 0 Å². The van der Waals surface area contributed by atoms with Crippen molar-refractivity contribution < 1.29 is 9.09 Å². The summed E-state index contributed by atoms with van der Waals surface area (Å²) in [6, 6.07) is 26.5. The van der Waals surface area contributed by atoms with Gasteiger partial charge in [0, 0.05) is 16.5 Å². The summed E-state index contributed by atoms with van der Waals surface area (Å²) in [5.74, 6) is 0.644. The highest BCUT2D eigenvalue weighted by Crippen LogP contribution is 2.41. The molecule has 0 aliphatic heterocycles. The van der Waals surface area contributed by atoms with Crippen LogP contribution in [0.3, 0.4) is 0 Å². The average Bonchev–Trinajstić information content (AvgIpc) is 2.69. The molecule has 5 aromatic carbocycles. The largest absolute Gasteiger partial charge is 0.430 e. The fraction of sp³-hybridized carbons (Fsp3) is 0.0435. The Morgan fingerprint density at radius 1 is 0.741 bits per heavy atom. The van der Waals surface area contributed by atoms with Crippen LogP contribution in [0.1, 0.15) is 5.56 Å². The topological polar surface area (TPSA) is 38.3 Å². The van der Waals surface area contributed by atoms with E-state index in [9.17, 15) is 4.57 Å². The zero-order chi connectivity index (χ0) is 18.4. The Hall–Kier alpha value is -3.03. The van der Waals surface area contributed by atoms with Gasteiger partial charge in [0.25, 0.3) is 0 Å². The maximum absolute atomic E-state index is 12.6. The lowest BCUT2D eigenvalue weighted by Crippen LogP contribution is -1.95. The molecule has 1 unspecified atom stereocenters. The van der Waals surface area contributed by atoms with Gasteiger partial charge in [0.15, 0.2) is 0 Å². The summed E-state index contributed by atoms with van der Waals surface area (Å²) in [5.41, 5.74) is 1.87. The average molecular weight is 371 g/mol. The van der Waals surface area contributed by atoms with Crippen molar-refractivity contribution >= 4 is 46.2 Å². The van der Waals surface area contributed by atoms with Crippen molar-refractivity contribution in [3.63, 3.8) is 0 Å². The molecule has 0 aliphatic carbocycles. The monoisotopic (exact) mass is 371 g/mol. The van der Waals surface area contributed by atoms with Crippen molar-refractivity contribution in [1.82, 2.24) is 0 Å². The Balaban J connectivity index is 1.59. The number of hydrogen-bond donors (Lipinski definition) is 1. The zero-order valence-electron chi connectivity index (χ0n) is 14.8.